The van der Waals surface area contributed by atoms with E-state index in [0.29, 0.717) is 30.3 Å². The first-order chi connectivity index (χ1) is 23.5. The second-order valence-electron chi connectivity index (χ2n) is 13.0. The zero-order chi connectivity index (χ0) is 34.0. The van der Waals surface area contributed by atoms with Crippen LogP contribution in [0.2, 0.25) is 5.02 Å². The number of benzene rings is 3. The molecule has 2 aliphatic rings. The number of hydrogen-bond donors (Lipinski definition) is 4. The lowest BCUT2D eigenvalue weighted by molar-refractivity contribution is -0.120. The molecule has 3 aromatic carbocycles. The summed E-state index contributed by atoms with van der Waals surface area (Å²) in [6.45, 7) is 7.87. The van der Waals surface area contributed by atoms with Crippen molar-refractivity contribution in [1.29, 1.82) is 0 Å². The van der Waals surface area contributed by atoms with Gasteiger partial charge in [-0.1, -0.05) is 85.3 Å². The SMILES string of the molecule is CCC(=O)NCCC[C@@](O)(c1cccc(Cl)c1)[C@@H]1CCCNC1.COCCCO[C@@H](c1ccccc1-c1ccccc1)[C@@H]1CCCNC1. The highest BCUT2D eigenvalue weighted by Crippen LogP contribution is 2.39. The van der Waals surface area contributed by atoms with Gasteiger partial charge in [0.05, 0.1) is 11.7 Å². The standard InChI is InChI=1S/C22H29NO2.C18H27ClN2O2/c1-24-15-8-16-25-22(19-11-7-14-23-17-19)21-13-6-5-12-20(21)18-9-3-2-4-10-18;1-2-17(22)21-11-5-9-18(23,15-7-4-10-20-13-15)14-6-3-8-16(19)12-14/h2-6,9-10,12-13,19,22-23H,7-8,11,14-17H2,1H3;3,6,8,12,15,20,23H,2,4-5,7,9-11,13H2,1H3,(H,21,22)/t19-,22-;15-,18-/m11/s1. The number of ether oxygens (including phenoxy) is 2. The summed E-state index contributed by atoms with van der Waals surface area (Å²) in [5.41, 5.74) is 3.81. The molecule has 48 heavy (non-hydrogen) atoms. The summed E-state index contributed by atoms with van der Waals surface area (Å²) in [5, 5.41) is 21.9. The molecule has 2 saturated heterocycles. The van der Waals surface area contributed by atoms with Crippen LogP contribution in [0.25, 0.3) is 11.1 Å². The fraction of sp³-hybridized carbons (Fsp3) is 0.525. The second kappa shape index (κ2) is 20.7. The van der Waals surface area contributed by atoms with Crippen molar-refractivity contribution in [3.63, 3.8) is 0 Å². The van der Waals surface area contributed by atoms with Gasteiger partial charge in [-0.3, -0.25) is 4.79 Å². The van der Waals surface area contributed by atoms with Gasteiger partial charge in [0.25, 0.3) is 0 Å². The minimum Gasteiger partial charge on any atom is -0.385 e. The van der Waals surface area contributed by atoms with Crippen molar-refractivity contribution in [1.82, 2.24) is 16.0 Å². The average Bonchev–Trinajstić information content (AvgIpc) is 3.14. The fourth-order valence-corrected chi connectivity index (χ4v) is 7.16. The van der Waals surface area contributed by atoms with Gasteiger partial charge in [-0.05, 0) is 92.4 Å². The molecular weight excluding hydrogens is 622 g/mol. The van der Waals surface area contributed by atoms with E-state index >= 15 is 0 Å². The van der Waals surface area contributed by atoms with Crippen LogP contribution >= 0.6 is 11.6 Å². The van der Waals surface area contributed by atoms with Crippen LogP contribution in [0, 0.1) is 11.8 Å². The van der Waals surface area contributed by atoms with Gasteiger partial charge >= 0.3 is 0 Å². The Balaban J connectivity index is 0.000000218. The summed E-state index contributed by atoms with van der Waals surface area (Å²) in [6, 6.07) is 26.8. The quantitative estimate of drug-likeness (QED) is 0.126. The van der Waals surface area contributed by atoms with E-state index in [1.54, 1.807) is 7.11 Å². The molecule has 0 aromatic heterocycles. The van der Waals surface area contributed by atoms with E-state index in [2.05, 4.69) is 70.5 Å². The molecule has 2 fully saturated rings. The number of carbonyl (C=O) groups excluding carboxylic acids is 1. The maximum atomic E-state index is 11.4. The van der Waals surface area contributed by atoms with Crippen molar-refractivity contribution in [3.05, 3.63) is 95.0 Å². The van der Waals surface area contributed by atoms with Gasteiger partial charge in [-0.15, -0.1) is 0 Å². The maximum Gasteiger partial charge on any atom is 0.219 e. The molecule has 4 atom stereocenters. The second-order valence-corrected chi connectivity index (χ2v) is 13.4. The number of hydrogen-bond acceptors (Lipinski definition) is 6. The van der Waals surface area contributed by atoms with E-state index < -0.39 is 5.60 Å². The van der Waals surface area contributed by atoms with Crippen LogP contribution in [0.15, 0.2) is 78.9 Å². The fourth-order valence-electron chi connectivity index (χ4n) is 6.97. The number of halogens is 1. The number of piperidine rings is 2. The van der Waals surface area contributed by atoms with Gasteiger partial charge < -0.3 is 30.5 Å². The van der Waals surface area contributed by atoms with E-state index in [1.165, 1.54) is 29.5 Å². The van der Waals surface area contributed by atoms with Crippen LogP contribution in [-0.2, 0) is 19.9 Å². The molecule has 0 aliphatic carbocycles. The lowest BCUT2D eigenvalue weighted by Gasteiger charge is -2.39. The van der Waals surface area contributed by atoms with E-state index in [9.17, 15) is 9.90 Å². The minimum absolute atomic E-state index is 0.0515. The highest BCUT2D eigenvalue weighted by atomic mass is 35.5. The summed E-state index contributed by atoms with van der Waals surface area (Å²) in [4.78, 5) is 11.4. The molecule has 0 bridgehead atoms. The zero-order valence-electron chi connectivity index (χ0n) is 28.9. The van der Waals surface area contributed by atoms with Crippen molar-refractivity contribution in [2.45, 2.75) is 70.0 Å². The number of nitrogens with one attached hydrogen (secondary N) is 3. The van der Waals surface area contributed by atoms with Crippen molar-refractivity contribution < 1.29 is 19.4 Å². The van der Waals surface area contributed by atoms with Crippen LogP contribution in [0.3, 0.4) is 0 Å². The highest BCUT2D eigenvalue weighted by Gasteiger charge is 2.38. The van der Waals surface area contributed by atoms with Crippen molar-refractivity contribution >= 4 is 17.5 Å². The molecule has 0 unspecified atom stereocenters. The van der Waals surface area contributed by atoms with Crippen LogP contribution in [0.5, 0.6) is 0 Å². The van der Waals surface area contributed by atoms with E-state index in [1.807, 2.05) is 31.2 Å². The molecule has 7 nitrogen and oxygen atoms in total. The molecule has 5 rings (SSSR count). The van der Waals surface area contributed by atoms with E-state index in [-0.39, 0.29) is 17.9 Å². The number of rotatable bonds is 15. The normalized spacial score (nSPS) is 19.8. The molecule has 3 aromatic rings. The predicted molar refractivity (Wildman–Crippen MR) is 196 cm³/mol. The van der Waals surface area contributed by atoms with Gasteiger partial charge in [-0.25, -0.2) is 0 Å². The van der Waals surface area contributed by atoms with Crippen molar-refractivity contribution in [3.8, 4) is 11.1 Å². The smallest absolute Gasteiger partial charge is 0.219 e. The first-order valence-electron chi connectivity index (χ1n) is 17.9. The van der Waals surface area contributed by atoms with Gasteiger partial charge in [0.2, 0.25) is 5.91 Å². The molecule has 2 aliphatic heterocycles. The van der Waals surface area contributed by atoms with Gasteiger partial charge in [0.1, 0.15) is 0 Å². The Morgan fingerprint density at radius 1 is 0.958 bits per heavy atom. The summed E-state index contributed by atoms with van der Waals surface area (Å²) < 4.78 is 11.6. The van der Waals surface area contributed by atoms with Crippen molar-refractivity contribution in [2.24, 2.45) is 11.8 Å². The van der Waals surface area contributed by atoms with Gasteiger partial charge in [-0.2, -0.15) is 0 Å². The van der Waals surface area contributed by atoms with Crippen molar-refractivity contribution in [2.75, 3.05) is 53.0 Å². The summed E-state index contributed by atoms with van der Waals surface area (Å²) >= 11 is 6.13. The zero-order valence-corrected chi connectivity index (χ0v) is 29.7. The topological polar surface area (TPSA) is 91.9 Å². The molecule has 0 radical (unpaired) electrons. The van der Waals surface area contributed by atoms with Crippen LogP contribution in [-0.4, -0.2) is 64.1 Å². The monoisotopic (exact) mass is 677 g/mol. The highest BCUT2D eigenvalue weighted by molar-refractivity contribution is 6.30. The summed E-state index contributed by atoms with van der Waals surface area (Å²) in [5.74, 6) is 0.730. The first-order valence-corrected chi connectivity index (χ1v) is 18.3. The molecule has 8 heteroatoms. The lowest BCUT2D eigenvalue weighted by Crippen LogP contribution is -2.44. The minimum atomic E-state index is -0.907. The Hall–Kier alpha value is -2.78. The molecule has 0 spiro atoms. The largest absolute Gasteiger partial charge is 0.385 e. The number of methoxy groups -OCH3 is 1. The maximum absolute atomic E-state index is 11.4. The average molecular weight is 678 g/mol. The van der Waals surface area contributed by atoms with E-state index in [4.69, 9.17) is 21.1 Å². The molecule has 1 amide bonds. The third-order valence-electron chi connectivity index (χ3n) is 9.58. The summed E-state index contributed by atoms with van der Waals surface area (Å²) in [6.07, 6.45) is 7.40. The Morgan fingerprint density at radius 3 is 2.40 bits per heavy atom. The molecular formula is C40H56ClN3O4. The number of carbonyl (C=O) groups is 1. The van der Waals surface area contributed by atoms with Gasteiger partial charge in [0, 0.05) is 63.2 Å². The Morgan fingerprint density at radius 2 is 1.71 bits per heavy atom. The number of amides is 1. The van der Waals surface area contributed by atoms with Crippen LogP contribution < -0.4 is 16.0 Å². The van der Waals surface area contributed by atoms with Gasteiger partial charge in [0.15, 0.2) is 0 Å². The first kappa shape index (κ1) is 38.0. The summed E-state index contributed by atoms with van der Waals surface area (Å²) in [7, 11) is 1.74. The molecule has 0 saturated carbocycles. The third kappa shape index (κ3) is 11.4. The predicted octanol–water partition coefficient (Wildman–Crippen LogP) is 7.28. The van der Waals surface area contributed by atoms with E-state index in [0.717, 1.165) is 70.6 Å². The Labute approximate surface area is 293 Å². The molecule has 262 valence electrons. The Kier molecular flexibility index (Phi) is 16.4. The Bertz CT molecular complexity index is 1350. The third-order valence-corrected chi connectivity index (χ3v) is 9.82. The van der Waals surface area contributed by atoms with Crippen LogP contribution in [0.1, 0.15) is 75.5 Å². The van der Waals surface area contributed by atoms with Crippen LogP contribution in [0.4, 0.5) is 0 Å². The molecule has 2 heterocycles. The lowest BCUT2D eigenvalue weighted by atomic mass is 9.74. The number of aliphatic hydroxyl groups is 1. The molecule has 4 N–H and O–H groups in total.